The minimum absolute atomic E-state index is 0.132. The van der Waals surface area contributed by atoms with Gasteiger partial charge in [-0.3, -0.25) is 4.98 Å². The van der Waals surface area contributed by atoms with E-state index in [2.05, 4.69) is 9.72 Å². The lowest BCUT2D eigenvalue weighted by molar-refractivity contribution is -0.274. The monoisotopic (exact) mass is 278 g/mol. The number of rotatable bonds is 3. The van der Waals surface area contributed by atoms with Crippen molar-refractivity contribution in [2.24, 2.45) is 0 Å². The number of pyridine rings is 1. The quantitative estimate of drug-likeness (QED) is 0.859. The fraction of sp³-hybridized carbons (Fsp3) is 0.143. The van der Waals surface area contributed by atoms with E-state index in [0.29, 0.717) is 16.8 Å². The molecule has 0 atom stereocenters. The molecule has 20 heavy (non-hydrogen) atoms. The van der Waals surface area contributed by atoms with Crippen LogP contribution < -0.4 is 4.74 Å². The number of alkyl halides is 3. The largest absolute Gasteiger partial charge is 0.573 e. The van der Waals surface area contributed by atoms with Crippen LogP contribution in [0.3, 0.4) is 0 Å². The minimum Gasteiger partial charge on any atom is -0.406 e. The topological polar surface area (TPSA) is 45.9 Å². The highest BCUT2D eigenvalue weighted by Crippen LogP contribution is 2.28. The number of hydrogen-bond donors (Lipinski definition) is 0. The first-order chi connectivity index (χ1) is 9.49. The van der Waals surface area contributed by atoms with Crippen LogP contribution in [0.2, 0.25) is 0 Å². The molecule has 0 unspecified atom stereocenters. The van der Waals surface area contributed by atoms with Crippen molar-refractivity contribution in [2.45, 2.75) is 12.8 Å². The van der Waals surface area contributed by atoms with Crippen molar-refractivity contribution >= 4 is 0 Å². The maximum Gasteiger partial charge on any atom is 0.573 e. The van der Waals surface area contributed by atoms with Gasteiger partial charge in [-0.2, -0.15) is 5.26 Å². The second-order valence-electron chi connectivity index (χ2n) is 3.92. The molecule has 0 aliphatic carbocycles. The van der Waals surface area contributed by atoms with Gasteiger partial charge in [-0.25, -0.2) is 0 Å². The van der Waals surface area contributed by atoms with Gasteiger partial charge in [-0.05, 0) is 23.8 Å². The molecule has 102 valence electrons. The van der Waals surface area contributed by atoms with Crippen molar-refractivity contribution < 1.29 is 17.9 Å². The van der Waals surface area contributed by atoms with Gasteiger partial charge in [0, 0.05) is 11.8 Å². The standard InChI is InChI=1S/C14H9F3N2O/c15-14(16,17)20-12-5-1-3-11(9-12)13-10(6-7-18)4-2-8-19-13/h1-5,8-9H,6H2. The molecule has 1 aromatic carbocycles. The second kappa shape index (κ2) is 5.61. The van der Waals surface area contributed by atoms with Gasteiger partial charge in [0.2, 0.25) is 0 Å². The molecule has 0 aliphatic heterocycles. The Morgan fingerprint density at radius 2 is 2.00 bits per heavy atom. The molecule has 6 heteroatoms. The number of ether oxygens (including phenoxy) is 1. The van der Waals surface area contributed by atoms with E-state index < -0.39 is 6.36 Å². The lowest BCUT2D eigenvalue weighted by Crippen LogP contribution is -2.17. The zero-order chi connectivity index (χ0) is 14.6. The fourth-order valence-electron chi connectivity index (χ4n) is 1.77. The number of aromatic nitrogens is 1. The first-order valence-corrected chi connectivity index (χ1v) is 5.66. The Balaban J connectivity index is 2.39. The Hall–Kier alpha value is -2.55. The summed E-state index contributed by atoms with van der Waals surface area (Å²) in [4.78, 5) is 4.12. The molecule has 0 N–H and O–H groups in total. The van der Waals surface area contributed by atoms with E-state index in [9.17, 15) is 13.2 Å². The summed E-state index contributed by atoms with van der Waals surface area (Å²) >= 11 is 0. The first-order valence-electron chi connectivity index (χ1n) is 5.66. The molecule has 0 saturated heterocycles. The van der Waals surface area contributed by atoms with Crippen LogP contribution in [0.4, 0.5) is 13.2 Å². The van der Waals surface area contributed by atoms with Gasteiger partial charge in [-0.1, -0.05) is 18.2 Å². The Labute approximate surface area is 113 Å². The van der Waals surface area contributed by atoms with Gasteiger partial charge < -0.3 is 4.74 Å². The van der Waals surface area contributed by atoms with Gasteiger partial charge in [0.15, 0.2) is 0 Å². The molecule has 3 nitrogen and oxygen atoms in total. The molecule has 0 fully saturated rings. The summed E-state index contributed by atoms with van der Waals surface area (Å²) in [6, 6.07) is 10.9. The Bertz CT molecular complexity index is 647. The smallest absolute Gasteiger partial charge is 0.406 e. The normalized spacial score (nSPS) is 10.9. The average molecular weight is 278 g/mol. The van der Waals surface area contributed by atoms with Crippen molar-refractivity contribution in [3.8, 4) is 23.1 Å². The van der Waals surface area contributed by atoms with Gasteiger partial charge in [0.1, 0.15) is 5.75 Å². The van der Waals surface area contributed by atoms with E-state index >= 15 is 0 Å². The molecule has 1 aromatic heterocycles. The summed E-state index contributed by atoms with van der Waals surface area (Å²) in [5.41, 5.74) is 1.60. The van der Waals surface area contributed by atoms with Crippen LogP contribution in [-0.2, 0) is 6.42 Å². The third-order valence-corrected chi connectivity index (χ3v) is 2.50. The summed E-state index contributed by atoms with van der Waals surface area (Å²) < 4.78 is 40.5. The lowest BCUT2D eigenvalue weighted by Gasteiger charge is -2.11. The fourth-order valence-corrected chi connectivity index (χ4v) is 1.77. The third-order valence-electron chi connectivity index (χ3n) is 2.50. The molecule has 0 radical (unpaired) electrons. The van der Waals surface area contributed by atoms with E-state index in [1.807, 2.05) is 6.07 Å². The van der Waals surface area contributed by atoms with Gasteiger partial charge in [-0.15, -0.1) is 13.2 Å². The number of nitriles is 1. The lowest BCUT2D eigenvalue weighted by atomic mass is 10.0. The molecule has 0 saturated carbocycles. The Morgan fingerprint density at radius 1 is 1.20 bits per heavy atom. The van der Waals surface area contributed by atoms with E-state index in [1.54, 1.807) is 18.2 Å². The van der Waals surface area contributed by atoms with Crippen molar-refractivity contribution in [3.05, 3.63) is 48.2 Å². The molecule has 0 bridgehead atoms. The summed E-state index contributed by atoms with van der Waals surface area (Å²) in [6.45, 7) is 0. The minimum atomic E-state index is -4.74. The van der Waals surface area contributed by atoms with E-state index in [-0.39, 0.29) is 12.2 Å². The molecule has 0 aliphatic rings. The summed E-state index contributed by atoms with van der Waals surface area (Å²) in [5.74, 6) is -0.316. The molecule has 0 spiro atoms. The zero-order valence-electron chi connectivity index (χ0n) is 10.2. The van der Waals surface area contributed by atoms with E-state index in [4.69, 9.17) is 5.26 Å². The molecule has 2 aromatic rings. The molecular formula is C14H9F3N2O. The SMILES string of the molecule is N#CCc1cccnc1-c1cccc(OC(F)(F)F)c1. The second-order valence-corrected chi connectivity index (χ2v) is 3.92. The van der Waals surface area contributed by atoms with Crippen molar-refractivity contribution in [3.63, 3.8) is 0 Å². The van der Waals surface area contributed by atoms with Crippen molar-refractivity contribution in [1.29, 1.82) is 5.26 Å². The number of hydrogen-bond acceptors (Lipinski definition) is 3. The van der Waals surface area contributed by atoms with E-state index in [1.165, 1.54) is 24.4 Å². The number of benzene rings is 1. The van der Waals surface area contributed by atoms with Crippen LogP contribution in [0.25, 0.3) is 11.3 Å². The molecular weight excluding hydrogens is 269 g/mol. The van der Waals surface area contributed by atoms with Crippen LogP contribution in [0, 0.1) is 11.3 Å². The Kier molecular flexibility index (Phi) is 3.89. The van der Waals surface area contributed by atoms with Crippen LogP contribution >= 0.6 is 0 Å². The molecule has 1 heterocycles. The van der Waals surface area contributed by atoms with Gasteiger partial charge in [0.05, 0.1) is 18.2 Å². The van der Waals surface area contributed by atoms with Crippen LogP contribution in [-0.4, -0.2) is 11.3 Å². The number of halogens is 3. The number of nitrogens with zero attached hydrogens (tertiary/aromatic N) is 2. The first kappa shape index (κ1) is 13.9. The van der Waals surface area contributed by atoms with Crippen molar-refractivity contribution in [2.75, 3.05) is 0 Å². The van der Waals surface area contributed by atoms with Gasteiger partial charge in [0.25, 0.3) is 0 Å². The van der Waals surface area contributed by atoms with Gasteiger partial charge >= 0.3 is 6.36 Å². The van der Waals surface area contributed by atoms with Crippen molar-refractivity contribution in [1.82, 2.24) is 4.98 Å². The highest BCUT2D eigenvalue weighted by molar-refractivity contribution is 5.65. The zero-order valence-corrected chi connectivity index (χ0v) is 10.2. The van der Waals surface area contributed by atoms with Crippen LogP contribution in [0.1, 0.15) is 5.56 Å². The summed E-state index contributed by atoms with van der Waals surface area (Å²) in [6.07, 6.45) is -3.08. The predicted molar refractivity (Wildman–Crippen MR) is 65.7 cm³/mol. The predicted octanol–water partition coefficient (Wildman–Crippen LogP) is 3.71. The summed E-state index contributed by atoms with van der Waals surface area (Å²) in [5, 5.41) is 8.75. The highest BCUT2D eigenvalue weighted by atomic mass is 19.4. The molecule has 2 rings (SSSR count). The Morgan fingerprint density at radius 3 is 2.70 bits per heavy atom. The summed E-state index contributed by atoms with van der Waals surface area (Å²) in [7, 11) is 0. The average Bonchev–Trinajstić information content (AvgIpc) is 2.38. The van der Waals surface area contributed by atoms with Crippen LogP contribution in [0.5, 0.6) is 5.75 Å². The van der Waals surface area contributed by atoms with Crippen LogP contribution in [0.15, 0.2) is 42.6 Å². The maximum absolute atomic E-state index is 12.2. The highest BCUT2D eigenvalue weighted by Gasteiger charge is 2.31. The maximum atomic E-state index is 12.2. The van der Waals surface area contributed by atoms with E-state index in [0.717, 1.165) is 0 Å². The third kappa shape index (κ3) is 3.48. The molecule has 0 amide bonds.